The molecule has 37 heavy (non-hydrogen) atoms. The van der Waals surface area contributed by atoms with Gasteiger partial charge in [0.25, 0.3) is 0 Å². The molecule has 5 aromatic carbocycles. The molecule has 8 rings (SSSR count). The van der Waals surface area contributed by atoms with Gasteiger partial charge >= 0.3 is 0 Å². The Morgan fingerprint density at radius 3 is 2.41 bits per heavy atom. The van der Waals surface area contributed by atoms with Crippen molar-refractivity contribution in [3.05, 3.63) is 132 Å². The Labute approximate surface area is 215 Å². The first-order chi connectivity index (χ1) is 18.3. The molecule has 176 valence electrons. The molecule has 2 aliphatic heterocycles. The summed E-state index contributed by atoms with van der Waals surface area (Å²) in [6.07, 6.45) is 6.85. The van der Waals surface area contributed by atoms with Crippen LogP contribution in [0.25, 0.3) is 44.5 Å². The molecule has 0 fully saturated rings. The maximum atomic E-state index is 6.28. The van der Waals surface area contributed by atoms with Crippen LogP contribution in [-0.4, -0.2) is 0 Å². The lowest BCUT2D eigenvalue weighted by molar-refractivity contribution is 0.669. The minimum atomic E-state index is 0.316. The summed E-state index contributed by atoms with van der Waals surface area (Å²) >= 11 is 0. The third-order valence-electron chi connectivity index (χ3n) is 7.73. The molecule has 0 saturated carbocycles. The number of nitrogens with zero attached hydrogens (tertiary/aromatic N) is 2. The van der Waals surface area contributed by atoms with Crippen molar-refractivity contribution in [2.75, 3.05) is 10.0 Å². The highest BCUT2D eigenvalue weighted by Gasteiger charge is 2.31. The van der Waals surface area contributed by atoms with E-state index in [0.717, 1.165) is 22.2 Å². The first-order valence-corrected chi connectivity index (χ1v) is 12.8. The van der Waals surface area contributed by atoms with Crippen LogP contribution >= 0.6 is 0 Å². The van der Waals surface area contributed by atoms with Crippen LogP contribution in [0.3, 0.4) is 0 Å². The molecule has 0 amide bonds. The van der Waals surface area contributed by atoms with Gasteiger partial charge in [-0.25, -0.2) is 5.01 Å². The van der Waals surface area contributed by atoms with Crippen LogP contribution < -0.4 is 10.0 Å². The van der Waals surface area contributed by atoms with Gasteiger partial charge in [-0.3, -0.25) is 5.01 Å². The van der Waals surface area contributed by atoms with Gasteiger partial charge < -0.3 is 4.42 Å². The zero-order valence-electron chi connectivity index (χ0n) is 20.4. The summed E-state index contributed by atoms with van der Waals surface area (Å²) in [6.45, 7) is 2.28. The molecule has 0 spiro atoms. The molecule has 0 saturated heterocycles. The SMILES string of the molecule is CC1C=C(c2ccccc2)N(N2C=Cc3c4c2cccc4cc2oc4ccccc4c32)c2ccccc21. The monoisotopic (exact) mass is 476 g/mol. The Morgan fingerprint density at radius 1 is 0.703 bits per heavy atom. The summed E-state index contributed by atoms with van der Waals surface area (Å²) in [5.41, 5.74) is 9.15. The average molecular weight is 477 g/mol. The second-order valence-electron chi connectivity index (χ2n) is 9.87. The molecule has 1 aromatic heterocycles. The van der Waals surface area contributed by atoms with Gasteiger partial charge in [-0.2, -0.15) is 0 Å². The van der Waals surface area contributed by atoms with Gasteiger partial charge in [0.05, 0.1) is 17.1 Å². The van der Waals surface area contributed by atoms with Crippen LogP contribution in [-0.2, 0) is 0 Å². The maximum absolute atomic E-state index is 6.28. The van der Waals surface area contributed by atoms with E-state index in [0.29, 0.717) is 5.92 Å². The Kier molecular flexibility index (Phi) is 4.21. The zero-order chi connectivity index (χ0) is 24.5. The van der Waals surface area contributed by atoms with Crippen LogP contribution in [0.1, 0.15) is 29.5 Å². The third kappa shape index (κ3) is 2.88. The number of allylic oxidation sites excluding steroid dienone is 1. The van der Waals surface area contributed by atoms with Gasteiger partial charge in [0.1, 0.15) is 11.2 Å². The molecule has 0 aliphatic carbocycles. The van der Waals surface area contributed by atoms with E-state index in [9.17, 15) is 0 Å². The van der Waals surface area contributed by atoms with Crippen molar-refractivity contribution in [1.29, 1.82) is 0 Å². The van der Waals surface area contributed by atoms with E-state index in [1.54, 1.807) is 0 Å². The number of benzene rings is 5. The van der Waals surface area contributed by atoms with E-state index in [-0.39, 0.29) is 0 Å². The van der Waals surface area contributed by atoms with Crippen molar-refractivity contribution in [1.82, 2.24) is 0 Å². The summed E-state index contributed by atoms with van der Waals surface area (Å²) in [7, 11) is 0. The number of rotatable bonds is 2. The fourth-order valence-corrected chi connectivity index (χ4v) is 6.09. The van der Waals surface area contributed by atoms with E-state index in [1.165, 1.54) is 44.2 Å². The highest BCUT2D eigenvalue weighted by atomic mass is 16.3. The molecular formula is C34H24N2O. The second kappa shape index (κ2) is 7.62. The predicted molar refractivity (Wildman–Crippen MR) is 154 cm³/mol. The van der Waals surface area contributed by atoms with Crippen molar-refractivity contribution in [2.45, 2.75) is 12.8 Å². The molecule has 6 aromatic rings. The fourth-order valence-electron chi connectivity index (χ4n) is 6.09. The highest BCUT2D eigenvalue weighted by molar-refractivity contribution is 6.19. The number of para-hydroxylation sites is 2. The quantitative estimate of drug-likeness (QED) is 0.248. The topological polar surface area (TPSA) is 19.6 Å². The van der Waals surface area contributed by atoms with Crippen LogP contribution in [0.4, 0.5) is 11.4 Å². The van der Waals surface area contributed by atoms with Crippen LogP contribution in [0, 0.1) is 0 Å². The largest absolute Gasteiger partial charge is 0.456 e. The van der Waals surface area contributed by atoms with Crippen LogP contribution in [0.2, 0.25) is 0 Å². The number of hydrogen-bond donors (Lipinski definition) is 0. The lowest BCUT2D eigenvalue weighted by Crippen LogP contribution is -2.41. The smallest absolute Gasteiger partial charge is 0.136 e. The van der Waals surface area contributed by atoms with Crippen LogP contribution in [0.15, 0.2) is 120 Å². The molecule has 3 heteroatoms. The number of furan rings is 1. The molecule has 3 heterocycles. The minimum absolute atomic E-state index is 0.316. The van der Waals surface area contributed by atoms with E-state index in [2.05, 4.69) is 132 Å². The molecular weight excluding hydrogens is 452 g/mol. The molecule has 1 atom stereocenters. The molecule has 0 N–H and O–H groups in total. The number of fused-ring (bicyclic) bond motifs is 5. The fraction of sp³-hybridized carbons (Fsp3) is 0.0588. The van der Waals surface area contributed by atoms with Gasteiger partial charge in [-0.1, -0.05) is 91.9 Å². The summed E-state index contributed by atoms with van der Waals surface area (Å²) in [4.78, 5) is 0. The van der Waals surface area contributed by atoms with Gasteiger partial charge in [0, 0.05) is 28.3 Å². The van der Waals surface area contributed by atoms with Crippen molar-refractivity contribution in [2.24, 2.45) is 0 Å². The lowest BCUT2D eigenvalue weighted by Gasteiger charge is -2.43. The zero-order valence-corrected chi connectivity index (χ0v) is 20.4. The van der Waals surface area contributed by atoms with Gasteiger partial charge in [-0.05, 0) is 52.4 Å². The van der Waals surface area contributed by atoms with Gasteiger partial charge in [0.15, 0.2) is 0 Å². The number of anilines is 2. The third-order valence-corrected chi connectivity index (χ3v) is 7.73. The van der Waals surface area contributed by atoms with Crippen molar-refractivity contribution in [3.8, 4) is 0 Å². The molecule has 0 bridgehead atoms. The Hall–Kier alpha value is -4.76. The van der Waals surface area contributed by atoms with Crippen LogP contribution in [0.5, 0.6) is 0 Å². The Morgan fingerprint density at radius 2 is 1.49 bits per heavy atom. The minimum Gasteiger partial charge on any atom is -0.456 e. The van der Waals surface area contributed by atoms with E-state index in [1.807, 2.05) is 6.07 Å². The standard InChI is InChI=1S/C34H24N2O/c1-22-20-30(23-10-3-2-4-11-23)36(28-15-7-5-13-25(22)28)35-19-18-27-33-24(12-9-16-29(33)35)21-32-34(27)26-14-6-8-17-31(26)37-32/h2-22H,1H3. The molecule has 2 aliphatic rings. The van der Waals surface area contributed by atoms with Crippen molar-refractivity contribution >= 4 is 55.9 Å². The molecule has 0 radical (unpaired) electrons. The Bertz CT molecular complexity index is 1910. The summed E-state index contributed by atoms with van der Waals surface area (Å²) in [6, 6.07) is 36.5. The number of hydrazine groups is 1. The van der Waals surface area contributed by atoms with Crippen molar-refractivity contribution < 1.29 is 4.42 Å². The van der Waals surface area contributed by atoms with E-state index < -0.39 is 0 Å². The first-order valence-electron chi connectivity index (χ1n) is 12.8. The normalized spacial score (nSPS) is 16.5. The summed E-state index contributed by atoms with van der Waals surface area (Å²) in [5.74, 6) is 0.316. The first kappa shape index (κ1) is 20.4. The van der Waals surface area contributed by atoms with E-state index in [4.69, 9.17) is 4.42 Å². The van der Waals surface area contributed by atoms with Gasteiger partial charge in [0.2, 0.25) is 0 Å². The summed E-state index contributed by atoms with van der Waals surface area (Å²) < 4.78 is 6.28. The van der Waals surface area contributed by atoms with Crippen molar-refractivity contribution in [3.63, 3.8) is 0 Å². The average Bonchev–Trinajstić information content (AvgIpc) is 3.32. The molecule has 1 unspecified atom stereocenters. The maximum Gasteiger partial charge on any atom is 0.136 e. The predicted octanol–water partition coefficient (Wildman–Crippen LogP) is 9.11. The highest BCUT2D eigenvalue weighted by Crippen LogP contribution is 2.47. The Balaban J connectivity index is 1.41. The summed E-state index contributed by atoms with van der Waals surface area (Å²) in [5, 5.41) is 9.44. The van der Waals surface area contributed by atoms with E-state index >= 15 is 0 Å². The second-order valence-corrected chi connectivity index (χ2v) is 9.87. The lowest BCUT2D eigenvalue weighted by atomic mass is 9.91. The van der Waals surface area contributed by atoms with Gasteiger partial charge in [-0.15, -0.1) is 0 Å². The molecule has 3 nitrogen and oxygen atoms in total. The number of hydrogen-bond acceptors (Lipinski definition) is 3.